The van der Waals surface area contributed by atoms with E-state index in [1.54, 1.807) is 43.3 Å². The molecule has 0 aliphatic heterocycles. The number of furan rings is 1. The molecule has 0 aliphatic carbocycles. The lowest BCUT2D eigenvalue weighted by atomic mass is 10.0. The Hall–Kier alpha value is -3.87. The third kappa shape index (κ3) is 4.04. The van der Waals surface area contributed by atoms with Crippen LogP contribution >= 0.6 is 0 Å². The number of aryl methyl sites for hydroxylation is 1. The molecule has 3 N–H and O–H groups in total. The molecule has 0 unspecified atom stereocenters. The first-order valence-corrected chi connectivity index (χ1v) is 8.01. The molecule has 136 valence electrons. The van der Waals surface area contributed by atoms with Gasteiger partial charge < -0.3 is 14.6 Å². The van der Waals surface area contributed by atoms with E-state index in [0.29, 0.717) is 11.5 Å². The summed E-state index contributed by atoms with van der Waals surface area (Å²) in [6, 6.07) is 14.3. The van der Waals surface area contributed by atoms with Crippen molar-refractivity contribution in [2.75, 3.05) is 0 Å². The molecule has 0 fully saturated rings. The van der Waals surface area contributed by atoms with Crippen molar-refractivity contribution in [2.24, 2.45) is 5.10 Å². The van der Waals surface area contributed by atoms with Gasteiger partial charge in [0.1, 0.15) is 17.3 Å². The van der Waals surface area contributed by atoms with Gasteiger partial charge >= 0.3 is 5.97 Å². The Labute approximate surface area is 154 Å². The van der Waals surface area contributed by atoms with Crippen LogP contribution in [0.25, 0.3) is 11.3 Å². The predicted molar refractivity (Wildman–Crippen MR) is 99.0 cm³/mol. The zero-order chi connectivity index (χ0) is 19.4. The van der Waals surface area contributed by atoms with E-state index in [1.807, 2.05) is 0 Å². The molecule has 0 atom stereocenters. The molecule has 27 heavy (non-hydrogen) atoms. The lowest BCUT2D eigenvalue weighted by Gasteiger charge is -2.04. The maximum Gasteiger partial charge on any atom is 0.335 e. The number of aromatic hydroxyl groups is 1. The van der Waals surface area contributed by atoms with Crippen LogP contribution in [0.4, 0.5) is 0 Å². The van der Waals surface area contributed by atoms with Gasteiger partial charge in [-0.1, -0.05) is 18.2 Å². The number of para-hydroxylation sites is 1. The summed E-state index contributed by atoms with van der Waals surface area (Å²) in [5.41, 5.74) is 4.16. The minimum atomic E-state index is -0.989. The number of rotatable bonds is 5. The first-order valence-electron chi connectivity index (χ1n) is 8.01. The standard InChI is InChI=1S/C20H16N2O5/c1-12-10-13(20(25)26)6-8-15(12)18-9-7-14(27-18)11-21-22-19(24)16-4-2-3-5-17(16)23/h2-11,23H,1H3,(H,22,24)(H,25,26)/b21-11+. The zero-order valence-corrected chi connectivity index (χ0v) is 14.3. The number of carboxylic acids is 1. The van der Waals surface area contributed by atoms with Crippen LogP contribution < -0.4 is 5.43 Å². The number of amides is 1. The highest BCUT2D eigenvalue weighted by Crippen LogP contribution is 2.26. The molecule has 7 heteroatoms. The Morgan fingerprint density at radius 1 is 1.11 bits per heavy atom. The molecule has 0 bridgehead atoms. The molecule has 0 spiro atoms. The topological polar surface area (TPSA) is 112 Å². The Morgan fingerprint density at radius 3 is 2.59 bits per heavy atom. The highest BCUT2D eigenvalue weighted by molar-refractivity contribution is 5.97. The summed E-state index contributed by atoms with van der Waals surface area (Å²) in [6.07, 6.45) is 1.34. The summed E-state index contributed by atoms with van der Waals surface area (Å²) < 4.78 is 5.66. The summed E-state index contributed by atoms with van der Waals surface area (Å²) in [5, 5.41) is 22.5. The van der Waals surface area contributed by atoms with E-state index < -0.39 is 11.9 Å². The van der Waals surface area contributed by atoms with Gasteiger partial charge in [0, 0.05) is 5.56 Å². The lowest BCUT2D eigenvalue weighted by Crippen LogP contribution is -2.17. The first-order chi connectivity index (χ1) is 13.0. The Bertz CT molecular complexity index is 1040. The van der Waals surface area contributed by atoms with Crippen molar-refractivity contribution in [3.05, 3.63) is 77.0 Å². The van der Waals surface area contributed by atoms with Gasteiger partial charge in [-0.3, -0.25) is 4.79 Å². The van der Waals surface area contributed by atoms with E-state index in [4.69, 9.17) is 9.52 Å². The maximum absolute atomic E-state index is 12.0. The summed E-state index contributed by atoms with van der Waals surface area (Å²) in [7, 11) is 0. The van der Waals surface area contributed by atoms with Gasteiger partial charge in [-0.2, -0.15) is 5.10 Å². The fourth-order valence-corrected chi connectivity index (χ4v) is 2.52. The number of carboxylic acid groups (broad SMARTS) is 1. The Morgan fingerprint density at radius 2 is 1.89 bits per heavy atom. The number of carbonyl (C=O) groups is 2. The van der Waals surface area contributed by atoms with Gasteiger partial charge in [0.15, 0.2) is 0 Å². The van der Waals surface area contributed by atoms with E-state index >= 15 is 0 Å². The number of aromatic carboxylic acids is 1. The van der Waals surface area contributed by atoms with Crippen molar-refractivity contribution in [3.63, 3.8) is 0 Å². The van der Waals surface area contributed by atoms with E-state index in [9.17, 15) is 14.7 Å². The third-order valence-corrected chi connectivity index (χ3v) is 3.87. The second-order valence-corrected chi connectivity index (χ2v) is 5.75. The van der Waals surface area contributed by atoms with Crippen LogP contribution in [0, 0.1) is 6.92 Å². The molecule has 3 aromatic rings. The van der Waals surface area contributed by atoms with Crippen LogP contribution in [0.2, 0.25) is 0 Å². The molecule has 1 amide bonds. The fourth-order valence-electron chi connectivity index (χ4n) is 2.52. The molecule has 0 radical (unpaired) electrons. The van der Waals surface area contributed by atoms with Crippen molar-refractivity contribution in [3.8, 4) is 17.1 Å². The van der Waals surface area contributed by atoms with Gasteiger partial charge in [-0.15, -0.1) is 0 Å². The number of hydrogen-bond donors (Lipinski definition) is 3. The molecule has 2 aromatic carbocycles. The Balaban J connectivity index is 1.71. The monoisotopic (exact) mass is 364 g/mol. The van der Waals surface area contributed by atoms with Crippen molar-refractivity contribution in [2.45, 2.75) is 6.92 Å². The van der Waals surface area contributed by atoms with Crippen LogP contribution in [0.15, 0.2) is 64.1 Å². The predicted octanol–water partition coefficient (Wildman–Crippen LogP) is 3.42. The number of phenolic OH excluding ortho intramolecular Hbond substituents is 1. The number of hydrogen-bond acceptors (Lipinski definition) is 5. The SMILES string of the molecule is Cc1cc(C(=O)O)ccc1-c1ccc(/C=N/NC(=O)c2ccccc2O)o1. The highest BCUT2D eigenvalue weighted by atomic mass is 16.4. The smallest absolute Gasteiger partial charge is 0.335 e. The normalized spacial score (nSPS) is 10.9. The average Bonchev–Trinajstić information content (AvgIpc) is 3.10. The number of benzene rings is 2. The first kappa shape index (κ1) is 17.9. The quantitative estimate of drug-likeness (QED) is 0.474. The number of hydrazone groups is 1. The number of carbonyl (C=O) groups excluding carboxylic acids is 1. The second-order valence-electron chi connectivity index (χ2n) is 5.75. The number of nitrogens with one attached hydrogen (secondary N) is 1. The minimum absolute atomic E-state index is 0.115. The zero-order valence-electron chi connectivity index (χ0n) is 14.3. The molecular formula is C20H16N2O5. The second kappa shape index (κ2) is 7.57. The third-order valence-electron chi connectivity index (χ3n) is 3.87. The van der Waals surface area contributed by atoms with Crippen LogP contribution in [-0.2, 0) is 0 Å². The Kier molecular flexibility index (Phi) is 5.03. The van der Waals surface area contributed by atoms with Crippen LogP contribution in [0.1, 0.15) is 32.0 Å². The van der Waals surface area contributed by atoms with Gasteiger partial charge in [0.25, 0.3) is 5.91 Å². The minimum Gasteiger partial charge on any atom is -0.507 e. The van der Waals surface area contributed by atoms with E-state index in [1.165, 1.54) is 24.4 Å². The average molecular weight is 364 g/mol. The maximum atomic E-state index is 12.0. The van der Waals surface area contributed by atoms with Crippen LogP contribution in [0.5, 0.6) is 5.75 Å². The van der Waals surface area contributed by atoms with Crippen molar-refractivity contribution < 1.29 is 24.2 Å². The van der Waals surface area contributed by atoms with E-state index in [0.717, 1.165) is 11.1 Å². The molecule has 0 saturated carbocycles. The lowest BCUT2D eigenvalue weighted by molar-refractivity contribution is 0.0696. The van der Waals surface area contributed by atoms with E-state index in [-0.39, 0.29) is 16.9 Å². The van der Waals surface area contributed by atoms with E-state index in [2.05, 4.69) is 10.5 Å². The molecule has 0 saturated heterocycles. The molecule has 3 rings (SSSR count). The summed E-state index contributed by atoms with van der Waals surface area (Å²) in [6.45, 7) is 1.80. The van der Waals surface area contributed by atoms with Gasteiger partial charge in [-0.25, -0.2) is 10.2 Å². The van der Waals surface area contributed by atoms with Crippen molar-refractivity contribution in [1.82, 2.24) is 5.43 Å². The molecule has 1 aromatic heterocycles. The van der Waals surface area contributed by atoms with Gasteiger partial charge in [-0.05, 0) is 48.9 Å². The van der Waals surface area contributed by atoms with Crippen molar-refractivity contribution >= 4 is 18.1 Å². The highest BCUT2D eigenvalue weighted by Gasteiger charge is 2.11. The fraction of sp³-hybridized carbons (Fsp3) is 0.0500. The van der Waals surface area contributed by atoms with Crippen molar-refractivity contribution in [1.29, 1.82) is 0 Å². The van der Waals surface area contributed by atoms with Crippen LogP contribution in [-0.4, -0.2) is 28.3 Å². The summed E-state index contributed by atoms with van der Waals surface area (Å²) >= 11 is 0. The molecule has 0 aliphatic rings. The van der Waals surface area contributed by atoms with Gasteiger partial charge in [0.2, 0.25) is 0 Å². The number of nitrogens with zero attached hydrogens (tertiary/aromatic N) is 1. The van der Waals surface area contributed by atoms with Crippen LogP contribution in [0.3, 0.4) is 0 Å². The van der Waals surface area contributed by atoms with Gasteiger partial charge in [0.05, 0.1) is 17.3 Å². The molecular weight excluding hydrogens is 348 g/mol. The largest absolute Gasteiger partial charge is 0.507 e. The summed E-state index contributed by atoms with van der Waals surface area (Å²) in [5.74, 6) is -0.707. The number of phenols is 1. The molecule has 1 heterocycles. The molecule has 7 nitrogen and oxygen atoms in total. The summed E-state index contributed by atoms with van der Waals surface area (Å²) in [4.78, 5) is 23.0.